The second-order valence-electron chi connectivity index (χ2n) is 6.30. The normalized spacial score (nSPS) is 10.9. The third-order valence-corrected chi connectivity index (χ3v) is 5.81. The molecule has 0 atom stereocenters. The molecule has 0 aliphatic carbocycles. The molecule has 0 radical (unpaired) electrons. The van der Waals surface area contributed by atoms with E-state index in [1.165, 1.54) is 4.90 Å². The lowest BCUT2D eigenvalue weighted by atomic mass is 10.0. The Bertz CT molecular complexity index is 1190. The number of amides is 2. The van der Waals surface area contributed by atoms with Crippen LogP contribution >= 0.6 is 22.9 Å². The number of nitrogen functional groups attached to an aromatic ring is 1. The van der Waals surface area contributed by atoms with Gasteiger partial charge in [-0.2, -0.15) is 0 Å². The zero-order valence-electron chi connectivity index (χ0n) is 15.0. The third-order valence-electron chi connectivity index (χ3n) is 4.51. The SMILES string of the molecule is Cc1sc2ccnc(N)c2c1-c1ccc(N(C(N)=O)c2cccc(Cl)c2)cc1. The summed E-state index contributed by atoms with van der Waals surface area (Å²) in [5, 5.41) is 1.49. The van der Waals surface area contributed by atoms with Crippen molar-refractivity contribution in [2.75, 3.05) is 10.6 Å². The summed E-state index contributed by atoms with van der Waals surface area (Å²) in [6, 6.07) is 16.0. The van der Waals surface area contributed by atoms with Crippen molar-refractivity contribution in [3.8, 4) is 11.1 Å². The van der Waals surface area contributed by atoms with Gasteiger partial charge in [0.2, 0.25) is 0 Å². The second kappa shape index (κ2) is 7.14. The zero-order chi connectivity index (χ0) is 19.8. The van der Waals surface area contributed by atoms with Crippen molar-refractivity contribution in [3.63, 3.8) is 0 Å². The molecule has 0 spiro atoms. The molecule has 28 heavy (non-hydrogen) atoms. The topological polar surface area (TPSA) is 85.2 Å². The summed E-state index contributed by atoms with van der Waals surface area (Å²) in [6.45, 7) is 2.06. The van der Waals surface area contributed by atoms with Gasteiger partial charge in [0.25, 0.3) is 0 Å². The molecule has 2 aromatic heterocycles. The minimum atomic E-state index is -0.583. The van der Waals surface area contributed by atoms with Crippen LogP contribution in [0.15, 0.2) is 60.8 Å². The van der Waals surface area contributed by atoms with Gasteiger partial charge in [-0.05, 0) is 48.9 Å². The summed E-state index contributed by atoms with van der Waals surface area (Å²) in [5.41, 5.74) is 15.1. The molecule has 140 valence electrons. The van der Waals surface area contributed by atoms with Crippen LogP contribution in [0.5, 0.6) is 0 Å². The minimum absolute atomic E-state index is 0.513. The number of hydrogen-bond acceptors (Lipinski definition) is 4. The molecule has 0 aliphatic rings. The fraction of sp³-hybridized carbons (Fsp3) is 0.0476. The molecule has 5 nitrogen and oxygen atoms in total. The molecule has 0 saturated heterocycles. The highest BCUT2D eigenvalue weighted by atomic mass is 35.5. The predicted octanol–water partition coefficient (Wildman–Crippen LogP) is 5.72. The first-order chi connectivity index (χ1) is 13.5. The molecule has 4 aromatic rings. The van der Waals surface area contributed by atoms with Gasteiger partial charge in [-0.3, -0.25) is 4.90 Å². The van der Waals surface area contributed by atoms with E-state index in [2.05, 4.69) is 11.9 Å². The van der Waals surface area contributed by atoms with Gasteiger partial charge in [0, 0.05) is 31.7 Å². The number of carbonyl (C=O) groups excluding carboxylic acids is 1. The predicted molar refractivity (Wildman–Crippen MR) is 117 cm³/mol. The third kappa shape index (κ3) is 3.17. The molecule has 0 bridgehead atoms. The van der Waals surface area contributed by atoms with Crippen molar-refractivity contribution in [3.05, 3.63) is 70.7 Å². The van der Waals surface area contributed by atoms with Gasteiger partial charge >= 0.3 is 6.03 Å². The van der Waals surface area contributed by atoms with Crippen LogP contribution in [0, 0.1) is 6.92 Å². The number of nitrogens with zero attached hydrogens (tertiary/aromatic N) is 2. The number of carbonyl (C=O) groups is 1. The van der Waals surface area contributed by atoms with Crippen LogP contribution in [0.3, 0.4) is 0 Å². The molecule has 4 N–H and O–H groups in total. The summed E-state index contributed by atoms with van der Waals surface area (Å²) in [5.74, 6) is 0.513. The fourth-order valence-corrected chi connectivity index (χ4v) is 4.61. The van der Waals surface area contributed by atoms with Crippen molar-refractivity contribution in [1.29, 1.82) is 0 Å². The van der Waals surface area contributed by atoms with E-state index >= 15 is 0 Å². The standard InChI is InChI=1S/C21H17ClN4OS/c1-12-18(19-17(28-12)9-10-25-20(19)23)13-5-7-15(8-6-13)26(21(24)27)16-4-2-3-14(22)11-16/h2-11H,1H3,(H2,23,25)(H2,24,27). The molecule has 0 saturated carbocycles. The van der Waals surface area contributed by atoms with E-state index in [9.17, 15) is 4.79 Å². The molecule has 2 heterocycles. The van der Waals surface area contributed by atoms with Gasteiger partial charge in [0.05, 0.1) is 11.4 Å². The van der Waals surface area contributed by atoms with E-state index in [0.717, 1.165) is 26.1 Å². The summed E-state index contributed by atoms with van der Waals surface area (Å²) in [7, 11) is 0. The number of nitrogens with two attached hydrogens (primary N) is 2. The van der Waals surface area contributed by atoms with Crippen molar-refractivity contribution < 1.29 is 4.79 Å². The molecule has 0 unspecified atom stereocenters. The Morgan fingerprint density at radius 1 is 1.11 bits per heavy atom. The number of primary amides is 1. The average Bonchev–Trinajstić information content (AvgIpc) is 3.00. The molecule has 0 fully saturated rings. The lowest BCUT2D eigenvalue weighted by Gasteiger charge is -2.21. The number of fused-ring (bicyclic) bond motifs is 1. The second-order valence-corrected chi connectivity index (χ2v) is 8.00. The van der Waals surface area contributed by atoms with Crippen LogP contribution < -0.4 is 16.4 Å². The highest BCUT2D eigenvalue weighted by Gasteiger charge is 2.18. The molecule has 0 aliphatic heterocycles. The van der Waals surface area contributed by atoms with Crippen molar-refractivity contribution in [2.24, 2.45) is 5.73 Å². The Balaban J connectivity index is 1.79. The monoisotopic (exact) mass is 408 g/mol. The van der Waals surface area contributed by atoms with E-state index in [1.54, 1.807) is 41.8 Å². The molecule has 2 aromatic carbocycles. The Morgan fingerprint density at radius 3 is 2.54 bits per heavy atom. The number of thiophene rings is 1. The first-order valence-electron chi connectivity index (χ1n) is 8.55. The van der Waals surface area contributed by atoms with E-state index < -0.39 is 6.03 Å². The zero-order valence-corrected chi connectivity index (χ0v) is 16.6. The molecular weight excluding hydrogens is 392 g/mol. The molecule has 4 rings (SSSR count). The van der Waals surface area contributed by atoms with Gasteiger partial charge in [-0.25, -0.2) is 9.78 Å². The first kappa shape index (κ1) is 18.3. The van der Waals surface area contributed by atoms with Gasteiger partial charge in [0.1, 0.15) is 5.82 Å². The quantitative estimate of drug-likeness (QED) is 0.454. The summed E-state index contributed by atoms with van der Waals surface area (Å²) < 4.78 is 1.10. The summed E-state index contributed by atoms with van der Waals surface area (Å²) in [6.07, 6.45) is 1.72. The summed E-state index contributed by atoms with van der Waals surface area (Å²) >= 11 is 7.75. The Labute approximate surface area is 171 Å². The Kier molecular flexibility index (Phi) is 4.66. The smallest absolute Gasteiger partial charge is 0.323 e. The number of urea groups is 1. The van der Waals surface area contributed by atoms with Crippen LogP contribution in [0.2, 0.25) is 5.02 Å². The fourth-order valence-electron chi connectivity index (χ4n) is 3.33. The average molecular weight is 409 g/mol. The molecule has 7 heteroatoms. The minimum Gasteiger partial charge on any atom is -0.383 e. The number of aromatic nitrogens is 1. The number of hydrogen-bond donors (Lipinski definition) is 2. The number of benzene rings is 2. The first-order valence-corrected chi connectivity index (χ1v) is 9.74. The molecular formula is C21H17ClN4OS. The number of pyridine rings is 1. The lowest BCUT2D eigenvalue weighted by molar-refractivity contribution is 0.256. The highest BCUT2D eigenvalue weighted by molar-refractivity contribution is 7.19. The largest absolute Gasteiger partial charge is 0.383 e. The van der Waals surface area contributed by atoms with Gasteiger partial charge in [-0.1, -0.05) is 29.8 Å². The van der Waals surface area contributed by atoms with Crippen LogP contribution in [0.25, 0.3) is 21.2 Å². The van der Waals surface area contributed by atoms with Crippen molar-refractivity contribution in [2.45, 2.75) is 6.92 Å². The van der Waals surface area contributed by atoms with E-state index in [-0.39, 0.29) is 0 Å². The number of rotatable bonds is 3. The van der Waals surface area contributed by atoms with Crippen molar-refractivity contribution in [1.82, 2.24) is 4.98 Å². The van der Waals surface area contributed by atoms with E-state index in [4.69, 9.17) is 23.1 Å². The number of halogens is 1. The van der Waals surface area contributed by atoms with Crippen LogP contribution in [0.1, 0.15) is 4.88 Å². The van der Waals surface area contributed by atoms with Crippen molar-refractivity contribution >= 4 is 56.2 Å². The lowest BCUT2D eigenvalue weighted by Crippen LogP contribution is -2.31. The molecule has 2 amide bonds. The number of aryl methyl sites for hydroxylation is 1. The van der Waals surface area contributed by atoms with Gasteiger partial charge < -0.3 is 11.5 Å². The Morgan fingerprint density at radius 2 is 1.86 bits per heavy atom. The Hall–Kier alpha value is -3.09. The van der Waals surface area contributed by atoms with Crippen LogP contribution in [0.4, 0.5) is 22.0 Å². The maximum absolute atomic E-state index is 12.1. The maximum Gasteiger partial charge on any atom is 0.323 e. The summed E-state index contributed by atoms with van der Waals surface area (Å²) in [4.78, 5) is 18.9. The number of anilines is 3. The van der Waals surface area contributed by atoms with Gasteiger partial charge in [0.15, 0.2) is 0 Å². The van der Waals surface area contributed by atoms with Crippen LogP contribution in [-0.4, -0.2) is 11.0 Å². The highest BCUT2D eigenvalue weighted by Crippen LogP contribution is 2.41. The van der Waals surface area contributed by atoms with E-state index in [0.29, 0.717) is 22.2 Å². The van der Waals surface area contributed by atoms with E-state index in [1.807, 2.05) is 30.3 Å². The maximum atomic E-state index is 12.1. The van der Waals surface area contributed by atoms with Crippen LogP contribution in [-0.2, 0) is 0 Å². The van der Waals surface area contributed by atoms with Gasteiger partial charge in [-0.15, -0.1) is 11.3 Å².